The Kier molecular flexibility index (Phi) is 5.85. The summed E-state index contributed by atoms with van der Waals surface area (Å²) in [4.78, 5) is 24.4. The molecule has 0 heterocycles. The topological polar surface area (TPSA) is 49.4 Å². The van der Waals surface area contributed by atoms with Crippen molar-refractivity contribution in [3.8, 4) is 0 Å². The molecule has 2 amide bonds. The smallest absolute Gasteiger partial charge is 0.223 e. The Balaban J connectivity index is 2.70. The molecule has 0 atom stereocenters. The van der Waals surface area contributed by atoms with E-state index in [-0.39, 0.29) is 11.8 Å². The fourth-order valence-corrected chi connectivity index (χ4v) is 2.05. The molecule has 0 spiro atoms. The molecule has 1 aromatic rings. The van der Waals surface area contributed by atoms with E-state index in [0.717, 1.165) is 10.2 Å². The third-order valence-corrected chi connectivity index (χ3v) is 3.17. The highest BCUT2D eigenvalue weighted by Crippen LogP contribution is 2.25. The van der Waals surface area contributed by atoms with Crippen LogP contribution in [0.25, 0.3) is 0 Å². The molecule has 0 saturated carbocycles. The summed E-state index contributed by atoms with van der Waals surface area (Å²) >= 11 is 3.42. The maximum absolute atomic E-state index is 11.6. The van der Waals surface area contributed by atoms with Gasteiger partial charge < -0.3 is 10.2 Å². The van der Waals surface area contributed by atoms with Crippen molar-refractivity contribution in [2.24, 2.45) is 0 Å². The van der Waals surface area contributed by atoms with Crippen LogP contribution in [0.15, 0.2) is 28.7 Å². The van der Waals surface area contributed by atoms with Gasteiger partial charge in [0.15, 0.2) is 0 Å². The van der Waals surface area contributed by atoms with Crippen LogP contribution >= 0.6 is 15.9 Å². The molecular weight excluding hydrogens is 296 g/mol. The largest absolute Gasteiger partial charge is 0.354 e. The third-order valence-electron chi connectivity index (χ3n) is 2.50. The second kappa shape index (κ2) is 7.16. The maximum Gasteiger partial charge on any atom is 0.223 e. The fourth-order valence-electron chi connectivity index (χ4n) is 1.55. The zero-order valence-electron chi connectivity index (χ0n) is 10.6. The lowest BCUT2D eigenvalue weighted by molar-refractivity contribution is -0.121. The molecule has 1 aromatic carbocycles. The summed E-state index contributed by atoms with van der Waals surface area (Å²) in [6, 6.07) is 7.52. The average Bonchev–Trinajstić information content (AvgIpc) is 2.35. The molecule has 0 aliphatic heterocycles. The molecule has 0 unspecified atom stereocenters. The van der Waals surface area contributed by atoms with Crippen LogP contribution in [0, 0.1) is 0 Å². The SMILES string of the molecule is CCC(=O)NCCN(C(C)=O)c1ccccc1Br. The van der Waals surface area contributed by atoms with Gasteiger partial charge in [0.25, 0.3) is 0 Å². The lowest BCUT2D eigenvalue weighted by Crippen LogP contribution is -2.37. The normalized spacial score (nSPS) is 9.94. The van der Waals surface area contributed by atoms with E-state index in [2.05, 4.69) is 21.2 Å². The van der Waals surface area contributed by atoms with Crippen molar-refractivity contribution in [1.29, 1.82) is 0 Å². The highest BCUT2D eigenvalue weighted by molar-refractivity contribution is 9.10. The molecule has 0 fully saturated rings. The first-order valence-corrected chi connectivity index (χ1v) is 6.65. The van der Waals surface area contributed by atoms with E-state index < -0.39 is 0 Å². The first kappa shape index (κ1) is 14.7. The van der Waals surface area contributed by atoms with Crippen molar-refractivity contribution in [1.82, 2.24) is 5.32 Å². The summed E-state index contributed by atoms with van der Waals surface area (Å²) in [5.41, 5.74) is 0.816. The lowest BCUT2D eigenvalue weighted by Gasteiger charge is -2.22. The van der Waals surface area contributed by atoms with E-state index in [1.165, 1.54) is 6.92 Å². The number of hydrogen-bond donors (Lipinski definition) is 1. The van der Waals surface area contributed by atoms with Gasteiger partial charge in [0.05, 0.1) is 5.69 Å². The minimum Gasteiger partial charge on any atom is -0.354 e. The molecule has 0 bridgehead atoms. The standard InChI is InChI=1S/C13H17BrN2O2/c1-3-13(18)15-8-9-16(10(2)17)12-7-5-4-6-11(12)14/h4-7H,3,8-9H2,1-2H3,(H,15,18). The fraction of sp³-hybridized carbons (Fsp3) is 0.385. The molecule has 1 N–H and O–H groups in total. The van der Waals surface area contributed by atoms with Crippen LogP contribution in [0.4, 0.5) is 5.69 Å². The number of para-hydroxylation sites is 1. The predicted molar refractivity (Wildman–Crippen MR) is 75.5 cm³/mol. The zero-order valence-corrected chi connectivity index (χ0v) is 12.2. The van der Waals surface area contributed by atoms with Crippen LogP contribution in [0.2, 0.25) is 0 Å². The van der Waals surface area contributed by atoms with E-state index in [1.807, 2.05) is 24.3 Å². The van der Waals surface area contributed by atoms with Crippen LogP contribution < -0.4 is 10.2 Å². The Hall–Kier alpha value is -1.36. The first-order chi connectivity index (χ1) is 8.56. The van der Waals surface area contributed by atoms with Crippen molar-refractivity contribution in [2.45, 2.75) is 20.3 Å². The molecule has 0 aliphatic carbocycles. The van der Waals surface area contributed by atoms with Gasteiger partial charge in [0.2, 0.25) is 11.8 Å². The van der Waals surface area contributed by atoms with Crippen molar-refractivity contribution in [2.75, 3.05) is 18.0 Å². The lowest BCUT2D eigenvalue weighted by atomic mass is 10.3. The molecule has 4 nitrogen and oxygen atoms in total. The van der Waals surface area contributed by atoms with Gasteiger partial charge in [-0.1, -0.05) is 19.1 Å². The Morgan fingerprint density at radius 3 is 2.56 bits per heavy atom. The predicted octanol–water partition coefficient (Wildman–Crippen LogP) is 2.33. The molecule has 0 aliphatic rings. The number of nitrogens with one attached hydrogen (secondary N) is 1. The number of nitrogens with zero attached hydrogens (tertiary/aromatic N) is 1. The van der Waals surface area contributed by atoms with Crippen molar-refractivity contribution < 1.29 is 9.59 Å². The number of carbonyl (C=O) groups excluding carboxylic acids is 2. The van der Waals surface area contributed by atoms with E-state index in [0.29, 0.717) is 19.5 Å². The number of carbonyl (C=O) groups is 2. The average molecular weight is 313 g/mol. The minimum atomic E-state index is -0.0485. The van der Waals surface area contributed by atoms with Crippen LogP contribution in [-0.2, 0) is 9.59 Å². The van der Waals surface area contributed by atoms with Crippen molar-refractivity contribution >= 4 is 33.4 Å². The second-order valence-corrected chi connectivity index (χ2v) is 4.68. The number of halogens is 1. The van der Waals surface area contributed by atoms with E-state index in [1.54, 1.807) is 11.8 Å². The molecule has 1 rings (SSSR count). The Labute approximate surface area is 115 Å². The molecule has 5 heteroatoms. The first-order valence-electron chi connectivity index (χ1n) is 5.85. The van der Waals surface area contributed by atoms with Crippen LogP contribution in [-0.4, -0.2) is 24.9 Å². The van der Waals surface area contributed by atoms with Gasteiger partial charge in [-0.05, 0) is 28.1 Å². The molecule has 0 aromatic heterocycles. The van der Waals surface area contributed by atoms with Gasteiger partial charge in [0.1, 0.15) is 0 Å². The number of rotatable bonds is 5. The van der Waals surface area contributed by atoms with Crippen LogP contribution in [0.5, 0.6) is 0 Å². The van der Waals surface area contributed by atoms with Crippen LogP contribution in [0.1, 0.15) is 20.3 Å². The van der Waals surface area contributed by atoms with E-state index >= 15 is 0 Å². The second-order valence-electron chi connectivity index (χ2n) is 3.83. The van der Waals surface area contributed by atoms with E-state index in [9.17, 15) is 9.59 Å². The number of benzene rings is 1. The van der Waals surface area contributed by atoms with Gasteiger partial charge in [0, 0.05) is 30.9 Å². The van der Waals surface area contributed by atoms with E-state index in [4.69, 9.17) is 0 Å². The number of hydrogen-bond acceptors (Lipinski definition) is 2. The Bertz CT molecular complexity index is 435. The van der Waals surface area contributed by atoms with Gasteiger partial charge >= 0.3 is 0 Å². The van der Waals surface area contributed by atoms with Gasteiger partial charge in [-0.25, -0.2) is 0 Å². The number of amides is 2. The highest BCUT2D eigenvalue weighted by atomic mass is 79.9. The van der Waals surface area contributed by atoms with Gasteiger partial charge in [-0.3, -0.25) is 9.59 Å². The van der Waals surface area contributed by atoms with Crippen molar-refractivity contribution in [3.63, 3.8) is 0 Å². The highest BCUT2D eigenvalue weighted by Gasteiger charge is 2.13. The van der Waals surface area contributed by atoms with Gasteiger partial charge in [-0.15, -0.1) is 0 Å². The summed E-state index contributed by atoms with van der Waals surface area (Å²) in [6.45, 7) is 4.23. The third kappa shape index (κ3) is 4.14. The summed E-state index contributed by atoms with van der Waals surface area (Å²) in [7, 11) is 0. The maximum atomic E-state index is 11.6. The summed E-state index contributed by atoms with van der Waals surface area (Å²) in [6.07, 6.45) is 0.453. The Morgan fingerprint density at radius 2 is 2.00 bits per heavy atom. The number of anilines is 1. The minimum absolute atomic E-state index is 0.00868. The summed E-state index contributed by atoms with van der Waals surface area (Å²) in [5.74, 6) is -0.0572. The van der Waals surface area contributed by atoms with Gasteiger partial charge in [-0.2, -0.15) is 0 Å². The van der Waals surface area contributed by atoms with Crippen LogP contribution in [0.3, 0.4) is 0 Å². The summed E-state index contributed by atoms with van der Waals surface area (Å²) in [5, 5.41) is 2.76. The molecule has 0 saturated heterocycles. The van der Waals surface area contributed by atoms with Crippen molar-refractivity contribution in [3.05, 3.63) is 28.7 Å². The molecule has 0 radical (unpaired) electrons. The Morgan fingerprint density at radius 1 is 1.33 bits per heavy atom. The molecular formula is C13H17BrN2O2. The monoisotopic (exact) mass is 312 g/mol. The quantitative estimate of drug-likeness (QED) is 0.907. The summed E-state index contributed by atoms with van der Waals surface area (Å²) < 4.78 is 0.863. The zero-order chi connectivity index (χ0) is 13.5. The molecule has 98 valence electrons. The molecule has 18 heavy (non-hydrogen) atoms.